The molecule has 0 spiro atoms. The highest BCUT2D eigenvalue weighted by Crippen LogP contribution is 2.04. The van der Waals surface area contributed by atoms with E-state index in [1.54, 1.807) is 24.8 Å². The molecule has 3 aromatic heterocycles. The molecule has 0 bridgehead atoms. The van der Waals surface area contributed by atoms with Gasteiger partial charge in [0, 0.05) is 24.8 Å². The zero-order chi connectivity index (χ0) is 11.1. The van der Waals surface area contributed by atoms with Gasteiger partial charge in [0.15, 0.2) is 0 Å². The van der Waals surface area contributed by atoms with E-state index in [9.17, 15) is 0 Å². The summed E-state index contributed by atoms with van der Waals surface area (Å²) in [6.45, 7) is 0. The van der Waals surface area contributed by atoms with Gasteiger partial charge >= 0.3 is 0 Å². The number of aromatic nitrogens is 3. The topological polar surface area (TPSA) is 38.7 Å². The third-order valence-corrected chi connectivity index (χ3v) is 1.94. The number of pyridine rings is 3. The van der Waals surface area contributed by atoms with Crippen molar-refractivity contribution in [3.8, 4) is 0 Å². The van der Waals surface area contributed by atoms with Gasteiger partial charge in [0.05, 0.1) is 11.0 Å². The van der Waals surface area contributed by atoms with Gasteiger partial charge in [-0.15, -0.1) is 0 Å². The molecule has 0 aromatic carbocycles. The second-order valence-corrected chi connectivity index (χ2v) is 3.07. The second kappa shape index (κ2) is 5.56. The Morgan fingerprint density at radius 3 is 1.50 bits per heavy atom. The first-order valence-electron chi connectivity index (χ1n) is 4.97. The van der Waals surface area contributed by atoms with E-state index in [-0.39, 0.29) is 0 Å². The molecule has 0 unspecified atom stereocenters. The Morgan fingerprint density at radius 1 is 0.562 bits per heavy atom. The summed E-state index contributed by atoms with van der Waals surface area (Å²) in [5.74, 6) is 0. The zero-order valence-corrected chi connectivity index (χ0v) is 8.69. The maximum atomic E-state index is 4.12. The highest BCUT2D eigenvalue weighted by molar-refractivity contribution is 5.72. The predicted octanol–water partition coefficient (Wildman–Crippen LogP) is 2.71. The van der Waals surface area contributed by atoms with Gasteiger partial charge in [-0.25, -0.2) is 0 Å². The first-order valence-corrected chi connectivity index (χ1v) is 4.97. The summed E-state index contributed by atoms with van der Waals surface area (Å²) < 4.78 is 0. The highest BCUT2D eigenvalue weighted by atomic mass is 14.7. The lowest BCUT2D eigenvalue weighted by Gasteiger charge is -1.90. The van der Waals surface area contributed by atoms with Gasteiger partial charge in [0.2, 0.25) is 0 Å². The third kappa shape index (κ3) is 2.85. The molecule has 3 nitrogen and oxygen atoms in total. The Morgan fingerprint density at radius 2 is 1.12 bits per heavy atom. The van der Waals surface area contributed by atoms with E-state index in [1.807, 2.05) is 42.5 Å². The Balaban J connectivity index is 0.000000138. The minimum absolute atomic E-state index is 0.949. The normalized spacial score (nSPS) is 9.25. The molecule has 3 aromatic rings. The van der Waals surface area contributed by atoms with Gasteiger partial charge < -0.3 is 0 Å². The molecule has 0 saturated heterocycles. The highest BCUT2D eigenvalue weighted by Gasteiger charge is 1.88. The van der Waals surface area contributed by atoms with Crippen molar-refractivity contribution in [2.45, 2.75) is 0 Å². The van der Waals surface area contributed by atoms with E-state index < -0.39 is 0 Å². The quantitative estimate of drug-likeness (QED) is 0.571. The van der Waals surface area contributed by atoms with Gasteiger partial charge in [-0.2, -0.15) is 0 Å². The number of hydrogen-bond donors (Lipinski definition) is 0. The average Bonchev–Trinajstić information content (AvgIpc) is 2.42. The van der Waals surface area contributed by atoms with Crippen LogP contribution in [0.25, 0.3) is 11.0 Å². The van der Waals surface area contributed by atoms with Crippen LogP contribution in [0.4, 0.5) is 0 Å². The van der Waals surface area contributed by atoms with Gasteiger partial charge in [-0.3, -0.25) is 15.0 Å². The largest absolute Gasteiger partial charge is 0.265 e. The fourth-order valence-electron chi connectivity index (χ4n) is 1.22. The number of nitrogens with zero attached hydrogens (tertiary/aromatic N) is 3. The van der Waals surface area contributed by atoms with Crippen LogP contribution < -0.4 is 0 Å². The molecule has 0 atom stereocenters. The molecule has 16 heavy (non-hydrogen) atoms. The molecule has 0 aliphatic rings. The molecule has 0 N–H and O–H groups in total. The molecule has 0 aliphatic carbocycles. The van der Waals surface area contributed by atoms with Crippen molar-refractivity contribution in [2.75, 3.05) is 0 Å². The average molecular weight is 209 g/mol. The van der Waals surface area contributed by atoms with Crippen molar-refractivity contribution in [3.05, 3.63) is 67.3 Å². The van der Waals surface area contributed by atoms with Crippen LogP contribution in [0.15, 0.2) is 67.3 Å². The Kier molecular flexibility index (Phi) is 3.55. The minimum atomic E-state index is 0.949. The summed E-state index contributed by atoms with van der Waals surface area (Å²) in [7, 11) is 0. The van der Waals surface area contributed by atoms with Crippen LogP contribution in [0.5, 0.6) is 0 Å². The molecule has 0 aliphatic heterocycles. The molecule has 3 rings (SSSR count). The molecule has 0 fully saturated rings. The number of fused-ring (bicyclic) bond motifs is 1. The van der Waals surface area contributed by atoms with Crippen LogP contribution in [0, 0.1) is 0 Å². The van der Waals surface area contributed by atoms with Crippen molar-refractivity contribution in [3.63, 3.8) is 0 Å². The molecule has 3 heteroatoms. The zero-order valence-electron chi connectivity index (χ0n) is 8.69. The van der Waals surface area contributed by atoms with Crippen LogP contribution in [0.2, 0.25) is 0 Å². The number of hydrogen-bond acceptors (Lipinski definition) is 3. The smallest absolute Gasteiger partial charge is 0.0886 e. The van der Waals surface area contributed by atoms with E-state index in [2.05, 4.69) is 15.0 Å². The lowest BCUT2D eigenvalue weighted by atomic mass is 10.3. The molecule has 0 radical (unpaired) electrons. The molecule has 0 saturated carbocycles. The summed E-state index contributed by atoms with van der Waals surface area (Å²) in [6.07, 6.45) is 7.04. The maximum Gasteiger partial charge on any atom is 0.0886 e. The van der Waals surface area contributed by atoms with E-state index in [1.165, 1.54) is 0 Å². The fraction of sp³-hybridized carbons (Fsp3) is 0. The van der Waals surface area contributed by atoms with E-state index in [0.717, 1.165) is 11.0 Å². The molecular weight excluding hydrogens is 198 g/mol. The fourth-order valence-corrected chi connectivity index (χ4v) is 1.22. The molecule has 78 valence electrons. The lowest BCUT2D eigenvalue weighted by molar-refractivity contribution is 1.33. The molecular formula is C13H11N3. The van der Waals surface area contributed by atoms with Gasteiger partial charge in [-0.05, 0) is 36.4 Å². The van der Waals surface area contributed by atoms with Crippen molar-refractivity contribution in [1.29, 1.82) is 0 Å². The van der Waals surface area contributed by atoms with Crippen LogP contribution in [-0.4, -0.2) is 15.0 Å². The van der Waals surface area contributed by atoms with E-state index in [4.69, 9.17) is 0 Å². The first-order chi connectivity index (χ1) is 7.97. The first kappa shape index (κ1) is 10.2. The van der Waals surface area contributed by atoms with Crippen LogP contribution in [0.3, 0.4) is 0 Å². The minimum Gasteiger partial charge on any atom is -0.265 e. The summed E-state index contributed by atoms with van der Waals surface area (Å²) in [4.78, 5) is 12.0. The van der Waals surface area contributed by atoms with Crippen molar-refractivity contribution in [1.82, 2.24) is 15.0 Å². The molecule has 0 amide bonds. The summed E-state index contributed by atoms with van der Waals surface area (Å²) in [6, 6.07) is 13.4. The lowest BCUT2D eigenvalue weighted by Crippen LogP contribution is -1.78. The standard InChI is InChI=1S/C8H6N2.C5H5N/c1-3-7-8(9-5-1)4-2-6-10-7;1-2-4-6-5-3-1/h1-6H;1-5H. The van der Waals surface area contributed by atoms with E-state index >= 15 is 0 Å². The number of rotatable bonds is 0. The van der Waals surface area contributed by atoms with Gasteiger partial charge in [0.25, 0.3) is 0 Å². The van der Waals surface area contributed by atoms with Crippen LogP contribution >= 0.6 is 0 Å². The molecule has 3 heterocycles. The predicted molar refractivity (Wildman–Crippen MR) is 63.8 cm³/mol. The Bertz CT molecular complexity index is 445. The monoisotopic (exact) mass is 209 g/mol. The summed E-state index contributed by atoms with van der Waals surface area (Å²) in [5.41, 5.74) is 1.90. The Hall–Kier alpha value is -2.29. The second-order valence-electron chi connectivity index (χ2n) is 3.07. The Labute approximate surface area is 93.8 Å². The van der Waals surface area contributed by atoms with Crippen LogP contribution in [-0.2, 0) is 0 Å². The maximum absolute atomic E-state index is 4.12. The van der Waals surface area contributed by atoms with Crippen molar-refractivity contribution < 1.29 is 0 Å². The van der Waals surface area contributed by atoms with Crippen LogP contribution in [0.1, 0.15) is 0 Å². The summed E-state index contributed by atoms with van der Waals surface area (Å²) >= 11 is 0. The van der Waals surface area contributed by atoms with Gasteiger partial charge in [-0.1, -0.05) is 6.07 Å². The SMILES string of the molecule is c1ccncc1.c1cnc2cccnc2c1. The third-order valence-electron chi connectivity index (χ3n) is 1.94. The van der Waals surface area contributed by atoms with Gasteiger partial charge in [0.1, 0.15) is 0 Å². The van der Waals surface area contributed by atoms with E-state index in [0.29, 0.717) is 0 Å². The summed E-state index contributed by atoms with van der Waals surface area (Å²) in [5, 5.41) is 0. The van der Waals surface area contributed by atoms with Crippen molar-refractivity contribution in [2.24, 2.45) is 0 Å². The van der Waals surface area contributed by atoms with Crippen molar-refractivity contribution >= 4 is 11.0 Å².